The maximum absolute atomic E-state index is 13.2. The lowest BCUT2D eigenvalue weighted by atomic mass is 10.7. The maximum atomic E-state index is 13.2. The number of isocyanates is 1. The summed E-state index contributed by atoms with van der Waals surface area (Å²) in [6, 6.07) is 0. The summed E-state index contributed by atoms with van der Waals surface area (Å²) in [4.78, 5) is 12.7. The third-order valence-corrected chi connectivity index (χ3v) is 3.84. The summed E-state index contributed by atoms with van der Waals surface area (Å²) >= 11 is 15.8. The Hall–Kier alpha value is 0.370. The highest BCUT2D eigenvalue weighted by molar-refractivity contribution is 7.54. The molecule has 4 nitrogen and oxygen atoms in total. The Kier molecular flexibility index (Phi) is 5.60. The van der Waals surface area contributed by atoms with Gasteiger partial charge in [-0.2, -0.15) is 9.19 Å². The molecule has 0 aromatic heterocycles. The Morgan fingerprint density at radius 2 is 2.14 bits per heavy atom. The molecule has 0 heterocycles. The van der Waals surface area contributed by atoms with Crippen LogP contribution in [0, 0.1) is 0 Å². The summed E-state index contributed by atoms with van der Waals surface area (Å²) in [6.45, 7) is 1.20. The van der Waals surface area contributed by atoms with Crippen molar-refractivity contribution in [3.8, 4) is 0 Å². The second-order valence-electron chi connectivity index (χ2n) is 2.07. The van der Waals surface area contributed by atoms with Gasteiger partial charge in [0.15, 0.2) is 0 Å². The van der Waals surface area contributed by atoms with E-state index in [9.17, 15) is 13.6 Å². The van der Waals surface area contributed by atoms with Crippen molar-refractivity contribution >= 4 is 48.6 Å². The van der Waals surface area contributed by atoms with Gasteiger partial charge in [0.25, 0.3) is 0 Å². The molecule has 0 fully saturated rings. The highest BCUT2D eigenvalue weighted by Crippen LogP contribution is 2.60. The van der Waals surface area contributed by atoms with Crippen molar-refractivity contribution < 1.29 is 18.1 Å². The van der Waals surface area contributed by atoms with Crippen LogP contribution in [0.1, 0.15) is 6.92 Å². The summed E-state index contributed by atoms with van der Waals surface area (Å²) in [5, 5.41) is 0. The van der Waals surface area contributed by atoms with E-state index in [4.69, 9.17) is 34.8 Å². The Labute approximate surface area is 94.9 Å². The first-order chi connectivity index (χ1) is 6.25. The molecule has 0 spiro atoms. The molecule has 0 aromatic carbocycles. The van der Waals surface area contributed by atoms with Gasteiger partial charge in [-0.15, -0.1) is 0 Å². The van der Waals surface area contributed by atoms with Gasteiger partial charge in [-0.05, 0) is 6.92 Å². The second-order valence-corrected chi connectivity index (χ2v) is 6.23. The van der Waals surface area contributed by atoms with Gasteiger partial charge in [0, 0.05) is 0 Å². The summed E-state index contributed by atoms with van der Waals surface area (Å²) in [7, 11) is -4.77. The first kappa shape index (κ1) is 14.4. The highest BCUT2D eigenvalue weighted by atomic mass is 35.6. The molecule has 0 aliphatic carbocycles. The average Bonchev–Trinajstić information content (AvgIpc) is 1.97. The van der Waals surface area contributed by atoms with Crippen LogP contribution in [0.4, 0.5) is 4.20 Å². The standard InChI is InChI=1S/C5H6Cl3FNO3P/c1-2-13-14(9,12)4(10-3-11)5(6,7)8/h4H,2H2,1H3. The SMILES string of the molecule is CCOP(=O)(F)C(N=C=O)C(Cl)(Cl)Cl. The monoisotopic (exact) mass is 283 g/mol. The highest BCUT2D eigenvalue weighted by Gasteiger charge is 2.48. The molecule has 82 valence electrons. The zero-order valence-electron chi connectivity index (χ0n) is 6.92. The van der Waals surface area contributed by atoms with Crippen LogP contribution in [-0.4, -0.2) is 22.3 Å². The van der Waals surface area contributed by atoms with Gasteiger partial charge < -0.3 is 4.52 Å². The van der Waals surface area contributed by atoms with Crippen molar-refractivity contribution in [2.75, 3.05) is 6.61 Å². The largest absolute Gasteiger partial charge is 0.396 e. The molecular weight excluding hydrogens is 278 g/mol. The van der Waals surface area contributed by atoms with Gasteiger partial charge in [-0.1, -0.05) is 34.8 Å². The van der Waals surface area contributed by atoms with Crippen LogP contribution in [0.15, 0.2) is 4.99 Å². The van der Waals surface area contributed by atoms with E-state index in [1.54, 1.807) is 0 Å². The van der Waals surface area contributed by atoms with Crippen LogP contribution in [0.2, 0.25) is 0 Å². The van der Waals surface area contributed by atoms with Crippen molar-refractivity contribution in [3.05, 3.63) is 0 Å². The molecule has 2 unspecified atom stereocenters. The van der Waals surface area contributed by atoms with Gasteiger partial charge in [-0.3, -0.25) is 4.57 Å². The van der Waals surface area contributed by atoms with E-state index >= 15 is 0 Å². The summed E-state index contributed by atoms with van der Waals surface area (Å²) in [5.74, 6) is -1.99. The molecule has 0 aromatic rings. The molecule has 0 rings (SSSR count). The van der Waals surface area contributed by atoms with Crippen LogP contribution in [0.25, 0.3) is 0 Å². The molecule has 0 aliphatic rings. The summed E-state index contributed by atoms with van der Waals surface area (Å²) in [5.41, 5.74) is 0. The van der Waals surface area contributed by atoms with Crippen LogP contribution >= 0.6 is 42.5 Å². The number of halogens is 4. The number of carbonyl (C=O) groups excluding carboxylic acids is 1. The van der Waals surface area contributed by atoms with E-state index in [0.29, 0.717) is 0 Å². The van der Waals surface area contributed by atoms with Gasteiger partial charge in [-0.25, -0.2) is 4.79 Å². The average molecular weight is 284 g/mol. The van der Waals surface area contributed by atoms with Crippen molar-refractivity contribution in [2.24, 2.45) is 4.99 Å². The molecular formula is C5H6Cl3FNO3P. The fraction of sp³-hybridized carbons (Fsp3) is 0.800. The lowest BCUT2D eigenvalue weighted by molar-refractivity contribution is 0.295. The van der Waals surface area contributed by atoms with Gasteiger partial charge in [0.1, 0.15) is 0 Å². The minimum atomic E-state index is -4.77. The lowest BCUT2D eigenvalue weighted by Crippen LogP contribution is -2.23. The number of hydrogen-bond donors (Lipinski definition) is 0. The maximum Gasteiger partial charge on any atom is 0.396 e. The van der Waals surface area contributed by atoms with Gasteiger partial charge in [0.2, 0.25) is 15.7 Å². The van der Waals surface area contributed by atoms with Crippen molar-refractivity contribution in [1.82, 2.24) is 0 Å². The van der Waals surface area contributed by atoms with E-state index in [-0.39, 0.29) is 6.61 Å². The Morgan fingerprint density at radius 1 is 1.64 bits per heavy atom. The summed E-state index contributed by atoms with van der Waals surface area (Å²) < 4.78 is 26.3. The number of nitrogens with zero attached hydrogens (tertiary/aromatic N) is 1. The zero-order valence-corrected chi connectivity index (χ0v) is 10.1. The van der Waals surface area contributed by atoms with E-state index in [0.717, 1.165) is 6.08 Å². The Bertz CT molecular complexity index is 288. The van der Waals surface area contributed by atoms with E-state index in [1.807, 2.05) is 0 Å². The molecule has 0 bridgehead atoms. The van der Waals surface area contributed by atoms with Crippen LogP contribution in [0.3, 0.4) is 0 Å². The first-order valence-corrected chi connectivity index (χ1v) is 6.05. The topological polar surface area (TPSA) is 55.7 Å². The van der Waals surface area contributed by atoms with Gasteiger partial charge in [0.05, 0.1) is 6.61 Å². The molecule has 9 heteroatoms. The van der Waals surface area contributed by atoms with Crippen LogP contribution < -0.4 is 0 Å². The summed E-state index contributed by atoms with van der Waals surface area (Å²) in [6.07, 6.45) is 0.968. The fourth-order valence-corrected chi connectivity index (χ4v) is 2.84. The number of aliphatic imine (C=N–C) groups is 1. The predicted octanol–water partition coefficient (Wildman–Crippen LogP) is 3.22. The Morgan fingerprint density at radius 3 is 2.43 bits per heavy atom. The van der Waals surface area contributed by atoms with Crippen LogP contribution in [-0.2, 0) is 13.9 Å². The molecule has 0 amide bonds. The molecule has 0 N–H and O–H groups in total. The molecule has 0 saturated heterocycles. The zero-order chi connectivity index (χ0) is 11.4. The molecule has 0 radical (unpaired) electrons. The van der Waals surface area contributed by atoms with E-state index in [1.165, 1.54) is 6.92 Å². The Balaban J connectivity index is 5.02. The minimum absolute atomic E-state index is 0.195. The number of hydrogen-bond acceptors (Lipinski definition) is 4. The van der Waals surface area contributed by atoms with Crippen molar-refractivity contribution in [1.29, 1.82) is 0 Å². The third kappa shape index (κ3) is 4.26. The normalized spacial score (nSPS) is 18.1. The minimum Gasteiger partial charge on any atom is -0.304 e. The van der Waals surface area contributed by atoms with Gasteiger partial charge >= 0.3 is 7.68 Å². The third-order valence-electron chi connectivity index (χ3n) is 1.07. The van der Waals surface area contributed by atoms with Crippen molar-refractivity contribution in [2.45, 2.75) is 16.5 Å². The quantitative estimate of drug-likeness (QED) is 0.345. The molecule has 14 heavy (non-hydrogen) atoms. The van der Waals surface area contributed by atoms with Crippen LogP contribution in [0.5, 0.6) is 0 Å². The van der Waals surface area contributed by atoms with Crippen molar-refractivity contribution in [3.63, 3.8) is 0 Å². The second kappa shape index (κ2) is 5.45. The first-order valence-electron chi connectivity index (χ1n) is 3.33. The molecule has 2 atom stereocenters. The molecule has 0 aliphatic heterocycles. The van der Waals surface area contributed by atoms with E-state index < -0.39 is 17.3 Å². The smallest absolute Gasteiger partial charge is 0.304 e. The predicted molar refractivity (Wildman–Crippen MR) is 52.5 cm³/mol. The van der Waals surface area contributed by atoms with E-state index in [2.05, 4.69) is 9.52 Å². The molecule has 0 saturated carbocycles. The number of alkyl halides is 3. The lowest BCUT2D eigenvalue weighted by Gasteiger charge is -2.21. The number of rotatable bonds is 4. The fourth-order valence-electron chi connectivity index (χ4n) is 0.614.